The Kier molecular flexibility index (Phi) is 10.1. The number of carbonyl (C=O) groups excluding carboxylic acids is 1. The number of hydrogen-bond acceptors (Lipinski definition) is 4. The van der Waals surface area contributed by atoms with Crippen molar-refractivity contribution in [2.24, 2.45) is 5.73 Å². The largest absolute Gasteiger partial charge is 0.456 e. The van der Waals surface area contributed by atoms with Gasteiger partial charge in [-0.25, -0.2) is 0 Å². The van der Waals surface area contributed by atoms with Crippen molar-refractivity contribution in [3.63, 3.8) is 0 Å². The number of aromatic nitrogens is 1. The molecule has 0 radical (unpaired) electrons. The number of benzene rings is 1. The third kappa shape index (κ3) is 6.20. The van der Waals surface area contributed by atoms with E-state index in [0.29, 0.717) is 23.6 Å². The minimum absolute atomic E-state index is 0. The van der Waals surface area contributed by atoms with Gasteiger partial charge in [0, 0.05) is 18.3 Å². The van der Waals surface area contributed by atoms with E-state index >= 15 is 0 Å². The molecule has 1 amide bonds. The summed E-state index contributed by atoms with van der Waals surface area (Å²) in [6.07, 6.45) is 4.92. The molecule has 0 unspecified atom stereocenters. The molecule has 2 rings (SSSR count). The Morgan fingerprint density at radius 3 is 2.24 bits per heavy atom. The molecule has 1 aromatic heterocycles. The second kappa shape index (κ2) is 10.9. The summed E-state index contributed by atoms with van der Waals surface area (Å²) in [5.74, 6) is 1.20. The average Bonchev–Trinajstić information content (AvgIpc) is 2.61. The molecule has 7 heteroatoms. The van der Waals surface area contributed by atoms with Gasteiger partial charge in [-0.3, -0.25) is 9.78 Å². The Labute approximate surface area is 161 Å². The molecule has 25 heavy (non-hydrogen) atoms. The van der Waals surface area contributed by atoms with Crippen LogP contribution in [0.15, 0.2) is 48.8 Å². The van der Waals surface area contributed by atoms with Gasteiger partial charge < -0.3 is 15.8 Å². The Balaban J connectivity index is 0.00000288. The second-order valence-corrected chi connectivity index (χ2v) is 5.46. The number of nitrogens with zero attached hydrogens (tertiary/aromatic N) is 1. The molecule has 3 N–H and O–H groups in total. The Bertz CT molecular complexity index is 624. The first-order valence-electron chi connectivity index (χ1n) is 7.83. The van der Waals surface area contributed by atoms with Crippen molar-refractivity contribution in [2.45, 2.75) is 32.2 Å². The van der Waals surface area contributed by atoms with E-state index in [2.05, 4.69) is 10.3 Å². The van der Waals surface area contributed by atoms with Crippen LogP contribution in [0.4, 0.5) is 0 Å². The summed E-state index contributed by atoms with van der Waals surface area (Å²) in [5.41, 5.74) is 6.07. The molecule has 0 saturated heterocycles. The quantitative estimate of drug-likeness (QED) is 0.755. The van der Waals surface area contributed by atoms with Crippen molar-refractivity contribution < 1.29 is 9.53 Å². The van der Waals surface area contributed by atoms with Crippen LogP contribution in [0.3, 0.4) is 0 Å². The fourth-order valence-corrected chi connectivity index (χ4v) is 2.30. The first-order valence-corrected chi connectivity index (χ1v) is 7.83. The molecule has 1 heterocycles. The zero-order valence-electron chi connectivity index (χ0n) is 14.4. The van der Waals surface area contributed by atoms with Crippen LogP contribution in [-0.2, 0) is 0 Å². The van der Waals surface area contributed by atoms with Gasteiger partial charge in [0.15, 0.2) is 0 Å². The van der Waals surface area contributed by atoms with Crippen LogP contribution in [0, 0.1) is 0 Å². The van der Waals surface area contributed by atoms with Crippen LogP contribution in [0.2, 0.25) is 0 Å². The number of amides is 1. The first kappa shape index (κ1) is 23.2. The third-order valence-electron chi connectivity index (χ3n) is 4.11. The van der Waals surface area contributed by atoms with Gasteiger partial charge in [-0.2, -0.15) is 0 Å². The summed E-state index contributed by atoms with van der Waals surface area (Å²) >= 11 is 0. The molecule has 0 bridgehead atoms. The normalized spacial score (nSPS) is 10.2. The van der Waals surface area contributed by atoms with Crippen molar-refractivity contribution >= 4 is 30.7 Å². The summed E-state index contributed by atoms with van der Waals surface area (Å²) in [6.45, 7) is 4.48. The van der Waals surface area contributed by atoms with Gasteiger partial charge in [0.1, 0.15) is 11.5 Å². The lowest BCUT2D eigenvalue weighted by Gasteiger charge is -2.31. The van der Waals surface area contributed by atoms with Crippen LogP contribution in [0.1, 0.15) is 37.0 Å². The van der Waals surface area contributed by atoms with E-state index in [1.54, 1.807) is 42.7 Å². The number of nitrogens with two attached hydrogens (primary N) is 1. The Hall–Kier alpha value is -1.82. The van der Waals surface area contributed by atoms with Gasteiger partial charge in [0.25, 0.3) is 5.91 Å². The van der Waals surface area contributed by atoms with Gasteiger partial charge in [0.2, 0.25) is 0 Å². The Morgan fingerprint density at radius 1 is 1.12 bits per heavy atom. The Morgan fingerprint density at radius 2 is 1.76 bits per heavy atom. The number of rotatable bonds is 7. The number of pyridine rings is 1. The number of carbonyl (C=O) groups is 1. The highest BCUT2D eigenvalue weighted by Crippen LogP contribution is 2.21. The topological polar surface area (TPSA) is 77.2 Å². The zero-order chi connectivity index (χ0) is 16.7. The molecular formula is C18H25Cl2N3O2. The molecule has 1 aromatic carbocycles. The predicted octanol–water partition coefficient (Wildman–Crippen LogP) is 3.96. The van der Waals surface area contributed by atoms with Gasteiger partial charge in [-0.15, -0.1) is 24.8 Å². The van der Waals surface area contributed by atoms with Crippen molar-refractivity contribution in [3.05, 3.63) is 54.4 Å². The maximum absolute atomic E-state index is 12.4. The van der Waals surface area contributed by atoms with Crippen molar-refractivity contribution in [2.75, 3.05) is 6.54 Å². The summed E-state index contributed by atoms with van der Waals surface area (Å²) in [4.78, 5) is 16.4. The van der Waals surface area contributed by atoms with Crippen LogP contribution in [-0.4, -0.2) is 23.0 Å². The number of hydrogen-bond donors (Lipinski definition) is 2. The smallest absolute Gasteiger partial charge is 0.251 e. The second-order valence-electron chi connectivity index (χ2n) is 5.46. The molecule has 0 aliphatic heterocycles. The molecule has 0 atom stereocenters. The van der Waals surface area contributed by atoms with E-state index in [1.165, 1.54) is 0 Å². The molecule has 2 aromatic rings. The van der Waals surface area contributed by atoms with Gasteiger partial charge in [-0.1, -0.05) is 13.8 Å². The number of halogens is 2. The molecule has 0 fully saturated rings. The van der Waals surface area contributed by atoms with E-state index in [9.17, 15) is 4.79 Å². The van der Waals surface area contributed by atoms with Crippen molar-refractivity contribution in [1.29, 1.82) is 0 Å². The van der Waals surface area contributed by atoms with Crippen LogP contribution in [0.5, 0.6) is 11.5 Å². The minimum atomic E-state index is -0.345. The molecule has 138 valence electrons. The number of ether oxygens (including phenoxy) is 1. The highest BCUT2D eigenvalue weighted by Gasteiger charge is 2.26. The number of nitrogens with one attached hydrogen (secondary N) is 1. The predicted molar refractivity (Wildman–Crippen MR) is 105 cm³/mol. The lowest BCUT2D eigenvalue weighted by atomic mass is 9.92. The first-order chi connectivity index (χ1) is 11.1. The van der Waals surface area contributed by atoms with Crippen molar-refractivity contribution in [3.8, 4) is 11.5 Å². The third-order valence-corrected chi connectivity index (χ3v) is 4.11. The monoisotopic (exact) mass is 385 g/mol. The van der Waals surface area contributed by atoms with E-state index in [-0.39, 0.29) is 36.3 Å². The van der Waals surface area contributed by atoms with Gasteiger partial charge in [-0.05, 0) is 49.2 Å². The standard InChI is InChI=1S/C18H23N3O2.2ClH/c1-3-18(4-2,13-19)21-17(22)14-7-9-15(10-8-14)23-16-6-5-11-20-12-16;;/h5-12H,3-4,13,19H2,1-2H3,(H,21,22);2*1H. The van der Waals surface area contributed by atoms with Gasteiger partial charge in [0.05, 0.1) is 11.7 Å². The van der Waals surface area contributed by atoms with Gasteiger partial charge >= 0.3 is 0 Å². The van der Waals surface area contributed by atoms with Crippen LogP contribution < -0.4 is 15.8 Å². The average molecular weight is 386 g/mol. The van der Waals surface area contributed by atoms with E-state index in [4.69, 9.17) is 10.5 Å². The lowest BCUT2D eigenvalue weighted by molar-refractivity contribution is 0.0895. The molecular weight excluding hydrogens is 361 g/mol. The fraction of sp³-hybridized carbons (Fsp3) is 0.333. The molecule has 0 spiro atoms. The lowest BCUT2D eigenvalue weighted by Crippen LogP contribution is -2.52. The van der Waals surface area contributed by atoms with Crippen LogP contribution in [0.25, 0.3) is 0 Å². The summed E-state index contributed by atoms with van der Waals surface area (Å²) in [7, 11) is 0. The fourth-order valence-electron chi connectivity index (χ4n) is 2.30. The van der Waals surface area contributed by atoms with E-state index < -0.39 is 0 Å². The summed E-state index contributed by atoms with van der Waals surface area (Å²) in [6, 6.07) is 10.7. The molecule has 0 saturated carbocycles. The maximum Gasteiger partial charge on any atom is 0.251 e. The summed E-state index contributed by atoms with van der Waals surface area (Å²) < 4.78 is 5.66. The molecule has 0 aliphatic carbocycles. The maximum atomic E-state index is 12.4. The highest BCUT2D eigenvalue weighted by atomic mass is 35.5. The van der Waals surface area contributed by atoms with E-state index in [0.717, 1.165) is 12.8 Å². The zero-order valence-corrected chi connectivity index (χ0v) is 16.0. The molecule has 0 aliphatic rings. The minimum Gasteiger partial charge on any atom is -0.456 e. The SMILES string of the molecule is CCC(CC)(CN)NC(=O)c1ccc(Oc2cccnc2)cc1.Cl.Cl. The van der Waals surface area contributed by atoms with Crippen LogP contribution >= 0.6 is 24.8 Å². The molecule has 5 nitrogen and oxygen atoms in total. The summed E-state index contributed by atoms with van der Waals surface area (Å²) in [5, 5.41) is 3.05. The highest BCUT2D eigenvalue weighted by molar-refractivity contribution is 5.94. The van der Waals surface area contributed by atoms with Crippen molar-refractivity contribution in [1.82, 2.24) is 10.3 Å². The van der Waals surface area contributed by atoms with E-state index in [1.807, 2.05) is 19.9 Å².